The minimum atomic E-state index is -0.458. The fourth-order valence-electron chi connectivity index (χ4n) is 4.15. The zero-order valence-electron chi connectivity index (χ0n) is 19.8. The highest BCUT2D eigenvalue weighted by molar-refractivity contribution is 6.10. The lowest BCUT2D eigenvalue weighted by Crippen LogP contribution is -2.25. The van der Waals surface area contributed by atoms with Crippen LogP contribution < -0.4 is 20.2 Å². The molecule has 0 unspecified atom stereocenters. The van der Waals surface area contributed by atoms with Gasteiger partial charge in [-0.1, -0.05) is 12.1 Å². The molecule has 0 aliphatic carbocycles. The highest BCUT2D eigenvalue weighted by Gasteiger charge is 2.22. The van der Waals surface area contributed by atoms with E-state index in [1.165, 1.54) is 30.5 Å². The molecule has 1 amide bonds. The number of benzene rings is 3. The predicted octanol–water partition coefficient (Wildman–Crippen LogP) is 4.40. The Morgan fingerprint density at radius 3 is 2.33 bits per heavy atom. The van der Waals surface area contributed by atoms with Crippen molar-refractivity contribution in [1.29, 1.82) is 0 Å². The normalized spacial score (nSPS) is 12.4. The van der Waals surface area contributed by atoms with Crippen molar-refractivity contribution in [3.8, 4) is 11.5 Å². The largest absolute Gasteiger partial charge is 0.486 e. The monoisotopic (exact) mass is 486 g/mol. The topological polar surface area (TPSA) is 86.6 Å². The van der Waals surface area contributed by atoms with Crippen LogP contribution in [0.2, 0.25) is 0 Å². The molecule has 0 atom stereocenters. The van der Waals surface area contributed by atoms with Gasteiger partial charge in [0.15, 0.2) is 17.3 Å². The van der Waals surface area contributed by atoms with Crippen LogP contribution in [0.5, 0.6) is 11.5 Å². The van der Waals surface area contributed by atoms with Gasteiger partial charge in [-0.05, 0) is 61.4 Å². The molecule has 5 rings (SSSR count). The van der Waals surface area contributed by atoms with Crippen molar-refractivity contribution in [1.82, 2.24) is 4.57 Å². The Labute approximate surface area is 206 Å². The molecule has 1 aromatic heterocycles. The number of carbonyl (C=O) groups is 2. The molecule has 36 heavy (non-hydrogen) atoms. The van der Waals surface area contributed by atoms with Crippen molar-refractivity contribution in [2.24, 2.45) is 0 Å². The zero-order chi connectivity index (χ0) is 25.4. The first-order valence-corrected chi connectivity index (χ1v) is 11.4. The summed E-state index contributed by atoms with van der Waals surface area (Å²) in [4.78, 5) is 39.8. The molecule has 4 aromatic rings. The van der Waals surface area contributed by atoms with Crippen molar-refractivity contribution in [2.45, 2.75) is 20.4 Å². The first-order chi connectivity index (χ1) is 17.3. The molecule has 1 aliphatic rings. The molecule has 182 valence electrons. The van der Waals surface area contributed by atoms with E-state index in [0.717, 1.165) is 11.1 Å². The molecule has 0 radical (unpaired) electrons. The van der Waals surface area contributed by atoms with Gasteiger partial charge in [-0.3, -0.25) is 14.4 Å². The average Bonchev–Trinajstić information content (AvgIpc) is 2.87. The van der Waals surface area contributed by atoms with Gasteiger partial charge in [-0.2, -0.15) is 0 Å². The summed E-state index contributed by atoms with van der Waals surface area (Å²) in [7, 11) is 0. The van der Waals surface area contributed by atoms with E-state index in [1.54, 1.807) is 28.8 Å². The number of nitrogens with one attached hydrogen (secondary N) is 1. The third-order valence-electron chi connectivity index (χ3n) is 6.20. The molecular weight excluding hydrogens is 463 g/mol. The SMILES string of the molecule is Cc1ccc(C(=O)c2cn(CC(=O)Nc3ccc(F)cc3)c3cc4c(cc3c2=O)OCCO4)cc1C. The van der Waals surface area contributed by atoms with Crippen molar-refractivity contribution < 1.29 is 23.5 Å². The molecule has 0 spiro atoms. The van der Waals surface area contributed by atoms with Crippen molar-refractivity contribution in [2.75, 3.05) is 18.5 Å². The number of ether oxygens (including phenoxy) is 2. The van der Waals surface area contributed by atoms with Crippen molar-refractivity contribution >= 4 is 28.3 Å². The number of ketones is 1. The number of halogens is 1. The summed E-state index contributed by atoms with van der Waals surface area (Å²) in [5.74, 6) is -0.405. The third kappa shape index (κ3) is 4.45. The molecular formula is C28H23FN2O5. The summed E-state index contributed by atoms with van der Waals surface area (Å²) < 4.78 is 26.1. The van der Waals surface area contributed by atoms with E-state index in [4.69, 9.17) is 9.47 Å². The second kappa shape index (κ2) is 9.30. The number of aryl methyl sites for hydroxylation is 2. The number of nitrogens with zero attached hydrogens (tertiary/aromatic N) is 1. The number of anilines is 1. The number of carbonyl (C=O) groups excluding carboxylic acids is 2. The quantitative estimate of drug-likeness (QED) is 0.423. The van der Waals surface area contributed by atoms with Crippen LogP contribution in [0.3, 0.4) is 0 Å². The number of pyridine rings is 1. The number of amides is 1. The molecule has 0 saturated carbocycles. The number of aromatic nitrogens is 1. The van der Waals surface area contributed by atoms with Crippen molar-refractivity contribution in [3.05, 3.63) is 99.1 Å². The van der Waals surface area contributed by atoms with E-state index in [0.29, 0.717) is 41.5 Å². The molecule has 2 heterocycles. The minimum absolute atomic E-state index is 0.0583. The fraction of sp³-hybridized carbons (Fsp3) is 0.179. The van der Waals surface area contributed by atoms with E-state index in [-0.39, 0.29) is 17.5 Å². The smallest absolute Gasteiger partial charge is 0.244 e. The lowest BCUT2D eigenvalue weighted by molar-refractivity contribution is -0.116. The van der Waals surface area contributed by atoms with Gasteiger partial charge in [-0.25, -0.2) is 4.39 Å². The Balaban J connectivity index is 1.60. The van der Waals surface area contributed by atoms with Crippen LogP contribution in [0.1, 0.15) is 27.0 Å². The maximum Gasteiger partial charge on any atom is 0.244 e. The van der Waals surface area contributed by atoms with E-state index < -0.39 is 22.9 Å². The van der Waals surface area contributed by atoms with Crippen LogP contribution in [0.25, 0.3) is 10.9 Å². The lowest BCUT2D eigenvalue weighted by atomic mass is 9.98. The van der Waals surface area contributed by atoms with Gasteiger partial charge in [0.1, 0.15) is 25.6 Å². The first kappa shape index (κ1) is 23.3. The van der Waals surface area contributed by atoms with Crippen LogP contribution in [-0.2, 0) is 11.3 Å². The first-order valence-electron chi connectivity index (χ1n) is 11.4. The summed E-state index contributed by atoms with van der Waals surface area (Å²) in [6.45, 7) is 4.35. The predicted molar refractivity (Wildman–Crippen MR) is 134 cm³/mol. The van der Waals surface area contributed by atoms with Crippen LogP contribution in [0.4, 0.5) is 10.1 Å². The standard InChI is InChI=1S/C28H23FN2O5/c1-16-3-4-18(11-17(16)2)27(33)22-14-31(15-26(32)30-20-7-5-19(29)6-8-20)23-13-25-24(35-9-10-36-25)12-21(23)28(22)34/h3-8,11-14H,9-10,15H2,1-2H3,(H,30,32). The van der Waals surface area contributed by atoms with Gasteiger partial charge in [0.05, 0.1) is 16.5 Å². The summed E-state index contributed by atoms with van der Waals surface area (Å²) in [5.41, 5.74) is 2.68. The lowest BCUT2D eigenvalue weighted by Gasteiger charge is -2.20. The highest BCUT2D eigenvalue weighted by atomic mass is 19.1. The second-order valence-corrected chi connectivity index (χ2v) is 8.70. The highest BCUT2D eigenvalue weighted by Crippen LogP contribution is 2.34. The maximum atomic E-state index is 13.5. The Morgan fingerprint density at radius 2 is 1.64 bits per heavy atom. The van der Waals surface area contributed by atoms with E-state index in [1.807, 2.05) is 19.9 Å². The molecule has 1 N–H and O–H groups in total. The van der Waals surface area contributed by atoms with E-state index in [2.05, 4.69) is 5.32 Å². The Hall–Kier alpha value is -4.46. The van der Waals surface area contributed by atoms with Gasteiger partial charge in [0.25, 0.3) is 0 Å². The second-order valence-electron chi connectivity index (χ2n) is 8.70. The fourth-order valence-corrected chi connectivity index (χ4v) is 4.15. The summed E-state index contributed by atoms with van der Waals surface area (Å²) in [5, 5.41) is 2.95. The number of fused-ring (bicyclic) bond motifs is 2. The molecule has 8 heteroatoms. The van der Waals surface area contributed by atoms with Gasteiger partial charge in [-0.15, -0.1) is 0 Å². The molecule has 0 fully saturated rings. The van der Waals surface area contributed by atoms with Crippen LogP contribution in [0.15, 0.2) is 65.6 Å². The van der Waals surface area contributed by atoms with E-state index >= 15 is 0 Å². The molecule has 1 aliphatic heterocycles. The van der Waals surface area contributed by atoms with Gasteiger partial charge in [0.2, 0.25) is 11.3 Å². The summed E-state index contributed by atoms with van der Waals surface area (Å²) in [6.07, 6.45) is 1.41. The van der Waals surface area contributed by atoms with Gasteiger partial charge < -0.3 is 19.4 Å². The van der Waals surface area contributed by atoms with E-state index in [9.17, 15) is 18.8 Å². The third-order valence-corrected chi connectivity index (χ3v) is 6.20. The summed E-state index contributed by atoms with van der Waals surface area (Å²) in [6, 6.07) is 13.8. The Bertz CT molecular complexity index is 1570. The van der Waals surface area contributed by atoms with Crippen LogP contribution >= 0.6 is 0 Å². The number of hydrogen-bond acceptors (Lipinski definition) is 5. The number of rotatable bonds is 5. The Morgan fingerprint density at radius 1 is 0.944 bits per heavy atom. The van der Waals surface area contributed by atoms with Gasteiger partial charge in [0, 0.05) is 23.5 Å². The molecule has 7 nitrogen and oxygen atoms in total. The molecule has 3 aromatic carbocycles. The summed E-state index contributed by atoms with van der Waals surface area (Å²) >= 11 is 0. The number of hydrogen-bond donors (Lipinski definition) is 1. The Kier molecular flexibility index (Phi) is 6.01. The molecule has 0 bridgehead atoms. The molecule has 0 saturated heterocycles. The average molecular weight is 486 g/mol. The minimum Gasteiger partial charge on any atom is -0.486 e. The van der Waals surface area contributed by atoms with Gasteiger partial charge >= 0.3 is 0 Å². The van der Waals surface area contributed by atoms with Crippen molar-refractivity contribution in [3.63, 3.8) is 0 Å². The van der Waals surface area contributed by atoms with Crippen LogP contribution in [0, 0.1) is 19.7 Å². The van der Waals surface area contributed by atoms with Crippen LogP contribution in [-0.4, -0.2) is 29.5 Å². The maximum absolute atomic E-state index is 13.5. The zero-order valence-corrected chi connectivity index (χ0v) is 19.8.